The smallest absolute Gasteiger partial charge is 0.326 e. The SMILES string of the molecule is CC(C)[C@H](NC(=O)[C@H](CCCN=C(N)N)NC(=O)N[C@@H](Cc1ccccc1)C(=O)O)C(=O)NC1=CN(C(=N)N)CCC1. The quantitative estimate of drug-likeness (QED) is 0.0772. The minimum atomic E-state index is -1.25. The third kappa shape index (κ3) is 11.3. The zero-order chi connectivity index (χ0) is 31.2. The van der Waals surface area contributed by atoms with Crippen LogP contribution < -0.4 is 38.5 Å². The number of allylic oxidation sites excluding steroid dienone is 1. The van der Waals surface area contributed by atoms with Crippen LogP contribution >= 0.6 is 0 Å². The summed E-state index contributed by atoms with van der Waals surface area (Å²) in [6.07, 6.45) is 3.31. The van der Waals surface area contributed by atoms with Crippen molar-refractivity contribution in [2.75, 3.05) is 13.1 Å². The van der Waals surface area contributed by atoms with E-state index >= 15 is 0 Å². The minimum Gasteiger partial charge on any atom is -0.480 e. The van der Waals surface area contributed by atoms with Crippen LogP contribution in [0.25, 0.3) is 0 Å². The van der Waals surface area contributed by atoms with Gasteiger partial charge in [-0.15, -0.1) is 0 Å². The summed E-state index contributed by atoms with van der Waals surface area (Å²) in [7, 11) is 0. The van der Waals surface area contributed by atoms with E-state index in [2.05, 4.69) is 26.3 Å². The van der Waals surface area contributed by atoms with E-state index in [9.17, 15) is 24.3 Å². The lowest BCUT2D eigenvalue weighted by Crippen LogP contribution is -2.57. The van der Waals surface area contributed by atoms with Gasteiger partial charge in [0, 0.05) is 31.4 Å². The van der Waals surface area contributed by atoms with Crippen molar-refractivity contribution in [3.8, 4) is 0 Å². The van der Waals surface area contributed by atoms with Crippen molar-refractivity contribution in [2.24, 2.45) is 28.1 Å². The van der Waals surface area contributed by atoms with E-state index in [1.807, 2.05) is 0 Å². The monoisotopic (exact) mass is 586 g/mol. The third-order valence-electron chi connectivity index (χ3n) is 6.45. The van der Waals surface area contributed by atoms with Gasteiger partial charge in [0.2, 0.25) is 11.8 Å². The standard InChI is InChI=1S/C27H42N10O5/c1-16(2)21(23(39)33-18-10-7-13-37(15-18)26(30)31)36-22(38)19(11-6-12-32-25(28)29)34-27(42)35-20(24(40)41)14-17-8-4-3-5-9-17/h3-5,8-9,15-16,19-21H,6-7,10-14H2,1-2H3,(H3,30,31)(H,33,39)(H,36,38)(H,40,41)(H4,28,29,32)(H2,34,35,42)/t19-,20-,21-/m0/s1. The molecule has 1 aromatic rings. The highest BCUT2D eigenvalue weighted by Crippen LogP contribution is 2.13. The lowest BCUT2D eigenvalue weighted by atomic mass is 10.0. The zero-order valence-electron chi connectivity index (χ0n) is 23.9. The van der Waals surface area contributed by atoms with Gasteiger partial charge in [0.25, 0.3) is 0 Å². The Morgan fingerprint density at radius 3 is 2.29 bits per heavy atom. The Morgan fingerprint density at radius 1 is 1.02 bits per heavy atom. The first-order chi connectivity index (χ1) is 19.9. The van der Waals surface area contributed by atoms with Gasteiger partial charge in [0.1, 0.15) is 18.1 Å². The Morgan fingerprint density at radius 2 is 1.69 bits per heavy atom. The second-order valence-corrected chi connectivity index (χ2v) is 10.3. The van der Waals surface area contributed by atoms with Crippen molar-refractivity contribution in [3.05, 3.63) is 47.8 Å². The number of amides is 4. The molecular formula is C27H42N10O5. The molecule has 230 valence electrons. The van der Waals surface area contributed by atoms with Crippen molar-refractivity contribution in [1.29, 1.82) is 5.41 Å². The van der Waals surface area contributed by atoms with Gasteiger partial charge in [-0.25, -0.2) is 9.59 Å². The maximum atomic E-state index is 13.4. The van der Waals surface area contributed by atoms with Crippen LogP contribution in [0.15, 0.2) is 47.2 Å². The van der Waals surface area contributed by atoms with Crippen LogP contribution in [0, 0.1) is 11.3 Å². The number of hydrogen-bond acceptors (Lipinski definition) is 6. The average molecular weight is 587 g/mol. The Bertz CT molecular complexity index is 1170. The molecule has 12 N–H and O–H groups in total. The number of hydrogen-bond donors (Lipinski definition) is 9. The fourth-order valence-corrected chi connectivity index (χ4v) is 4.25. The Balaban J connectivity index is 2.13. The first-order valence-electron chi connectivity index (χ1n) is 13.7. The molecule has 1 aromatic carbocycles. The summed E-state index contributed by atoms with van der Waals surface area (Å²) >= 11 is 0. The predicted molar refractivity (Wildman–Crippen MR) is 158 cm³/mol. The minimum absolute atomic E-state index is 0.0391. The van der Waals surface area contributed by atoms with Crippen LogP contribution in [0.1, 0.15) is 45.1 Å². The molecule has 2 rings (SSSR count). The van der Waals surface area contributed by atoms with E-state index in [0.29, 0.717) is 37.1 Å². The van der Waals surface area contributed by atoms with Gasteiger partial charge in [-0.05, 0) is 37.2 Å². The van der Waals surface area contributed by atoms with Gasteiger partial charge in [-0.1, -0.05) is 44.2 Å². The van der Waals surface area contributed by atoms with Gasteiger partial charge in [-0.2, -0.15) is 0 Å². The summed E-state index contributed by atoms with van der Waals surface area (Å²) < 4.78 is 0. The molecule has 3 atom stereocenters. The number of carbonyl (C=O) groups is 4. The van der Waals surface area contributed by atoms with Gasteiger partial charge >= 0.3 is 12.0 Å². The molecule has 0 saturated heterocycles. The fraction of sp³-hybridized carbons (Fsp3) is 0.481. The molecular weight excluding hydrogens is 544 g/mol. The van der Waals surface area contributed by atoms with Crippen LogP contribution in [0.3, 0.4) is 0 Å². The van der Waals surface area contributed by atoms with E-state index in [1.54, 1.807) is 50.4 Å². The van der Waals surface area contributed by atoms with Gasteiger partial charge in [0.05, 0.1) is 0 Å². The van der Waals surface area contributed by atoms with Gasteiger partial charge in [-0.3, -0.25) is 20.0 Å². The number of aliphatic imine (C=N–C) groups is 1. The van der Waals surface area contributed by atoms with Gasteiger partial charge in [0.15, 0.2) is 11.9 Å². The number of carbonyl (C=O) groups excluding carboxylic acids is 3. The molecule has 1 aliphatic rings. The molecule has 0 aliphatic carbocycles. The first kappa shape index (κ1) is 33.4. The largest absolute Gasteiger partial charge is 0.480 e. The molecule has 1 aliphatic heterocycles. The number of carboxylic acids is 1. The summed E-state index contributed by atoms with van der Waals surface area (Å²) in [4.78, 5) is 56.6. The molecule has 0 aromatic heterocycles. The van der Waals surface area contributed by atoms with E-state index < -0.39 is 41.9 Å². The Hall–Kier alpha value is -4.82. The summed E-state index contributed by atoms with van der Waals surface area (Å²) in [5.41, 5.74) is 17.6. The van der Waals surface area contributed by atoms with Crippen molar-refractivity contribution < 1.29 is 24.3 Å². The molecule has 15 nitrogen and oxygen atoms in total. The molecule has 0 spiro atoms. The van der Waals surface area contributed by atoms with Gasteiger partial charge < -0.3 is 48.5 Å². The predicted octanol–water partition coefficient (Wildman–Crippen LogP) is -0.509. The van der Waals surface area contributed by atoms with Crippen LogP contribution in [0.2, 0.25) is 0 Å². The summed E-state index contributed by atoms with van der Waals surface area (Å²) in [6.45, 7) is 4.27. The molecule has 42 heavy (non-hydrogen) atoms. The topological polar surface area (TPSA) is 254 Å². The maximum Gasteiger partial charge on any atom is 0.326 e. The number of nitrogens with one attached hydrogen (secondary N) is 5. The Kier molecular flexibility index (Phi) is 13.1. The van der Waals surface area contributed by atoms with E-state index in [-0.39, 0.29) is 37.2 Å². The molecule has 0 bridgehead atoms. The average Bonchev–Trinajstić information content (AvgIpc) is 2.93. The third-order valence-corrected chi connectivity index (χ3v) is 6.45. The number of nitrogens with two attached hydrogens (primary N) is 3. The molecule has 0 radical (unpaired) electrons. The highest BCUT2D eigenvalue weighted by molar-refractivity contribution is 5.93. The molecule has 0 unspecified atom stereocenters. The number of guanidine groups is 2. The number of rotatable bonds is 14. The number of aliphatic carboxylic acids is 1. The van der Waals surface area contributed by atoms with E-state index in [1.165, 1.54) is 4.90 Å². The lowest BCUT2D eigenvalue weighted by Gasteiger charge is -2.28. The fourth-order valence-electron chi connectivity index (χ4n) is 4.25. The summed E-state index contributed by atoms with van der Waals surface area (Å²) in [5.74, 6) is -2.92. The number of carboxylic acid groups (broad SMARTS) is 1. The molecule has 0 fully saturated rings. The highest BCUT2D eigenvalue weighted by Gasteiger charge is 2.30. The van der Waals surface area contributed by atoms with Crippen LogP contribution in [0.4, 0.5) is 4.79 Å². The number of benzene rings is 1. The van der Waals surface area contributed by atoms with Crippen LogP contribution in [0.5, 0.6) is 0 Å². The molecule has 1 heterocycles. The van der Waals surface area contributed by atoms with Crippen molar-refractivity contribution in [3.63, 3.8) is 0 Å². The molecule has 4 amide bonds. The normalized spacial score (nSPS) is 14.9. The molecule has 15 heteroatoms. The second kappa shape index (κ2) is 16.4. The molecule has 0 saturated carbocycles. The van der Waals surface area contributed by atoms with Crippen molar-refractivity contribution in [1.82, 2.24) is 26.2 Å². The first-order valence-corrected chi connectivity index (χ1v) is 13.7. The van der Waals surface area contributed by atoms with Crippen molar-refractivity contribution in [2.45, 2.75) is 64.1 Å². The zero-order valence-corrected chi connectivity index (χ0v) is 23.9. The second-order valence-electron chi connectivity index (χ2n) is 10.3. The number of urea groups is 1. The number of nitrogens with zero attached hydrogens (tertiary/aromatic N) is 2. The maximum absolute atomic E-state index is 13.4. The van der Waals surface area contributed by atoms with E-state index in [4.69, 9.17) is 22.6 Å². The van der Waals surface area contributed by atoms with Crippen molar-refractivity contribution >= 4 is 35.7 Å². The highest BCUT2D eigenvalue weighted by atomic mass is 16.4. The summed E-state index contributed by atoms with van der Waals surface area (Å²) in [6, 6.07) is 4.62. The lowest BCUT2D eigenvalue weighted by molar-refractivity contribution is -0.139. The van der Waals surface area contributed by atoms with Crippen LogP contribution in [-0.2, 0) is 20.8 Å². The summed E-state index contributed by atoms with van der Waals surface area (Å²) in [5, 5.41) is 27.7. The van der Waals surface area contributed by atoms with Crippen LogP contribution in [-0.4, -0.2) is 77.0 Å². The van der Waals surface area contributed by atoms with E-state index in [0.717, 1.165) is 0 Å². The Labute approximate surface area is 244 Å².